The summed E-state index contributed by atoms with van der Waals surface area (Å²) in [7, 11) is 1.69. The lowest BCUT2D eigenvalue weighted by atomic mass is 10.0. The van der Waals surface area contributed by atoms with Crippen molar-refractivity contribution in [2.75, 3.05) is 31.1 Å². The molecule has 1 saturated carbocycles. The molecule has 1 aliphatic heterocycles. The molecule has 2 unspecified atom stereocenters. The summed E-state index contributed by atoms with van der Waals surface area (Å²) in [6, 6.07) is 14.6. The normalized spacial score (nSPS) is 19.5. The van der Waals surface area contributed by atoms with Gasteiger partial charge >= 0.3 is 5.69 Å². The molecule has 0 amide bonds. The molecule has 1 aliphatic carbocycles. The molecule has 2 atom stereocenters. The van der Waals surface area contributed by atoms with Crippen molar-refractivity contribution in [2.24, 2.45) is 13.0 Å². The van der Waals surface area contributed by atoms with Crippen LogP contribution in [0.1, 0.15) is 50.4 Å². The average Bonchev–Trinajstić information content (AvgIpc) is 3.73. The molecule has 182 valence electrons. The molecule has 35 heavy (non-hydrogen) atoms. The van der Waals surface area contributed by atoms with Crippen molar-refractivity contribution in [3.63, 3.8) is 0 Å². The first-order valence-electron chi connectivity index (χ1n) is 12.5. The molecule has 8 nitrogen and oxygen atoms in total. The van der Waals surface area contributed by atoms with Crippen molar-refractivity contribution in [3.05, 3.63) is 58.1 Å². The third-order valence-corrected chi connectivity index (χ3v) is 7.39. The zero-order valence-electron chi connectivity index (χ0n) is 20.6. The first-order valence-corrected chi connectivity index (χ1v) is 12.5. The number of nitrogens with zero attached hydrogens (tertiary/aromatic N) is 6. The fourth-order valence-corrected chi connectivity index (χ4v) is 4.96. The van der Waals surface area contributed by atoms with Crippen LogP contribution in [0.25, 0.3) is 11.0 Å². The Bertz CT molecular complexity index is 1310. The van der Waals surface area contributed by atoms with Crippen molar-refractivity contribution in [3.8, 4) is 11.8 Å². The number of hydrogen-bond acceptors (Lipinski definition) is 7. The standard InChI is InChI=1S/C27H32N6O2/c1-4-22-16-32(26-25-24(31(3)27(34)30-26)12-9-21(15-28)29-25)13-14-33(22)18(2)20-7-10-23(11-8-20)35-17-19-5-6-19/h7-12,18-19,22H,4-6,13-14,16-17H2,1-3H3. The number of piperazine rings is 1. The summed E-state index contributed by atoms with van der Waals surface area (Å²) in [5.41, 5.74) is 2.57. The zero-order chi connectivity index (χ0) is 24.5. The summed E-state index contributed by atoms with van der Waals surface area (Å²) < 4.78 is 7.39. The van der Waals surface area contributed by atoms with E-state index in [0.29, 0.717) is 28.6 Å². The smallest absolute Gasteiger partial charge is 0.349 e. The highest BCUT2D eigenvalue weighted by molar-refractivity contribution is 5.86. The highest BCUT2D eigenvalue weighted by atomic mass is 16.5. The van der Waals surface area contributed by atoms with E-state index in [2.05, 4.69) is 63.9 Å². The van der Waals surface area contributed by atoms with Crippen molar-refractivity contribution < 1.29 is 4.74 Å². The number of aryl methyl sites for hydroxylation is 1. The van der Waals surface area contributed by atoms with Crippen molar-refractivity contribution >= 4 is 16.9 Å². The third kappa shape index (κ3) is 4.73. The van der Waals surface area contributed by atoms with Crippen LogP contribution in [0.3, 0.4) is 0 Å². The van der Waals surface area contributed by atoms with Crippen LogP contribution in [-0.2, 0) is 7.05 Å². The molecular formula is C27H32N6O2. The van der Waals surface area contributed by atoms with E-state index in [-0.39, 0.29) is 11.7 Å². The van der Waals surface area contributed by atoms with Crippen molar-refractivity contribution in [2.45, 2.75) is 45.2 Å². The quantitative estimate of drug-likeness (QED) is 0.519. The van der Waals surface area contributed by atoms with Crippen LogP contribution in [0.15, 0.2) is 41.2 Å². The minimum atomic E-state index is -0.313. The van der Waals surface area contributed by atoms with Crippen LogP contribution in [0.5, 0.6) is 5.75 Å². The van der Waals surface area contributed by atoms with Gasteiger partial charge in [0.05, 0.1) is 12.1 Å². The van der Waals surface area contributed by atoms with Gasteiger partial charge in [0.2, 0.25) is 0 Å². The number of anilines is 1. The van der Waals surface area contributed by atoms with E-state index in [4.69, 9.17) is 4.74 Å². The Hall–Kier alpha value is -3.44. The van der Waals surface area contributed by atoms with Gasteiger partial charge in [-0.2, -0.15) is 10.2 Å². The van der Waals surface area contributed by atoms with E-state index in [1.54, 1.807) is 19.2 Å². The van der Waals surface area contributed by atoms with Gasteiger partial charge in [-0.3, -0.25) is 9.47 Å². The summed E-state index contributed by atoms with van der Waals surface area (Å²) in [4.78, 5) is 26.2. The monoisotopic (exact) mass is 472 g/mol. The number of ether oxygens (including phenoxy) is 1. The van der Waals surface area contributed by atoms with Gasteiger partial charge in [-0.1, -0.05) is 19.1 Å². The predicted octanol–water partition coefficient (Wildman–Crippen LogP) is 3.65. The Morgan fingerprint density at radius 1 is 1.14 bits per heavy atom. The number of pyridine rings is 1. The molecule has 5 rings (SSSR count). The Labute approximate surface area is 205 Å². The van der Waals surface area contributed by atoms with Gasteiger partial charge in [0, 0.05) is 38.8 Å². The minimum Gasteiger partial charge on any atom is -0.493 e. The first kappa shape index (κ1) is 23.3. The van der Waals surface area contributed by atoms with Crippen LogP contribution in [-0.4, -0.2) is 51.7 Å². The fourth-order valence-electron chi connectivity index (χ4n) is 4.96. The SMILES string of the molecule is CCC1CN(c2nc(=O)n(C)c3ccc(C#N)nc23)CCN1C(C)c1ccc(OCC2CC2)cc1. The van der Waals surface area contributed by atoms with Crippen LogP contribution in [0.4, 0.5) is 5.82 Å². The highest BCUT2D eigenvalue weighted by Crippen LogP contribution is 2.32. The van der Waals surface area contributed by atoms with Crippen molar-refractivity contribution in [1.29, 1.82) is 5.26 Å². The summed E-state index contributed by atoms with van der Waals surface area (Å²) >= 11 is 0. The van der Waals surface area contributed by atoms with E-state index >= 15 is 0 Å². The van der Waals surface area contributed by atoms with Gasteiger partial charge in [-0.05, 0) is 61.9 Å². The van der Waals surface area contributed by atoms with Gasteiger partial charge in [0.15, 0.2) is 5.82 Å². The molecule has 0 spiro atoms. The Morgan fingerprint density at radius 2 is 1.91 bits per heavy atom. The second kappa shape index (κ2) is 9.67. The lowest BCUT2D eigenvalue weighted by molar-refractivity contribution is 0.124. The van der Waals surface area contributed by atoms with E-state index in [0.717, 1.165) is 44.3 Å². The van der Waals surface area contributed by atoms with Gasteiger partial charge in [-0.15, -0.1) is 0 Å². The Balaban J connectivity index is 1.35. The lowest BCUT2D eigenvalue weighted by Gasteiger charge is -2.44. The lowest BCUT2D eigenvalue weighted by Crippen LogP contribution is -2.54. The predicted molar refractivity (Wildman–Crippen MR) is 136 cm³/mol. The number of aromatic nitrogens is 3. The summed E-state index contributed by atoms with van der Waals surface area (Å²) in [5, 5.41) is 9.35. The molecule has 0 N–H and O–H groups in total. The highest BCUT2D eigenvalue weighted by Gasteiger charge is 2.32. The fraction of sp³-hybridized carbons (Fsp3) is 0.481. The summed E-state index contributed by atoms with van der Waals surface area (Å²) in [6.45, 7) is 7.60. The molecule has 0 radical (unpaired) electrons. The second-order valence-corrected chi connectivity index (χ2v) is 9.70. The number of fused-ring (bicyclic) bond motifs is 1. The van der Waals surface area contributed by atoms with Gasteiger partial charge < -0.3 is 9.64 Å². The molecule has 2 fully saturated rings. The molecule has 8 heteroatoms. The van der Waals surface area contributed by atoms with E-state index < -0.39 is 0 Å². The summed E-state index contributed by atoms with van der Waals surface area (Å²) in [5.74, 6) is 2.26. The zero-order valence-corrected chi connectivity index (χ0v) is 20.6. The number of rotatable bonds is 7. The summed E-state index contributed by atoms with van der Waals surface area (Å²) in [6.07, 6.45) is 3.55. The molecule has 3 heterocycles. The maximum absolute atomic E-state index is 12.6. The topological polar surface area (TPSA) is 87.3 Å². The molecule has 0 bridgehead atoms. The number of nitriles is 1. The number of benzene rings is 1. The molecular weight excluding hydrogens is 440 g/mol. The van der Waals surface area contributed by atoms with Gasteiger partial charge in [-0.25, -0.2) is 9.78 Å². The molecule has 2 aromatic heterocycles. The van der Waals surface area contributed by atoms with Crippen LogP contribution in [0, 0.1) is 17.2 Å². The third-order valence-electron chi connectivity index (χ3n) is 7.39. The maximum atomic E-state index is 12.6. The second-order valence-electron chi connectivity index (χ2n) is 9.70. The minimum absolute atomic E-state index is 0.260. The van der Waals surface area contributed by atoms with E-state index in [1.807, 2.05) is 0 Å². The van der Waals surface area contributed by atoms with E-state index in [9.17, 15) is 10.1 Å². The average molecular weight is 473 g/mol. The maximum Gasteiger partial charge on any atom is 0.349 e. The molecule has 3 aromatic rings. The Morgan fingerprint density at radius 3 is 2.60 bits per heavy atom. The first-order chi connectivity index (χ1) is 17.0. The molecule has 1 saturated heterocycles. The van der Waals surface area contributed by atoms with Crippen LogP contribution < -0.4 is 15.3 Å². The largest absolute Gasteiger partial charge is 0.493 e. The van der Waals surface area contributed by atoms with Gasteiger partial charge in [0.25, 0.3) is 0 Å². The van der Waals surface area contributed by atoms with Crippen LogP contribution in [0.2, 0.25) is 0 Å². The molecule has 2 aliphatic rings. The van der Waals surface area contributed by atoms with Gasteiger partial charge in [0.1, 0.15) is 23.0 Å². The number of hydrogen-bond donors (Lipinski definition) is 0. The Kier molecular flexibility index (Phi) is 6.44. The van der Waals surface area contributed by atoms with Crippen molar-refractivity contribution in [1.82, 2.24) is 19.4 Å². The van der Waals surface area contributed by atoms with Crippen LogP contribution >= 0.6 is 0 Å². The van der Waals surface area contributed by atoms with E-state index in [1.165, 1.54) is 23.0 Å². The molecule has 1 aromatic carbocycles.